The topological polar surface area (TPSA) is 35.5 Å². The maximum Gasteiger partial charge on any atom is 0.161 e. The number of fused-ring (bicyclic) bond motifs is 1. The van der Waals surface area contributed by atoms with Crippen molar-refractivity contribution in [3.05, 3.63) is 71.8 Å². The van der Waals surface area contributed by atoms with E-state index in [0.717, 1.165) is 11.8 Å². The molecule has 110 valence electrons. The van der Waals surface area contributed by atoms with Gasteiger partial charge in [0.05, 0.1) is 7.11 Å². The monoisotopic (exact) mass is 292 g/mol. The van der Waals surface area contributed by atoms with Crippen molar-refractivity contribution in [3.8, 4) is 11.5 Å². The number of carbonyl (C=O) groups is 1. The van der Waals surface area contributed by atoms with E-state index in [4.69, 9.17) is 9.47 Å². The van der Waals surface area contributed by atoms with Crippen molar-refractivity contribution < 1.29 is 14.3 Å². The van der Waals surface area contributed by atoms with Crippen LogP contribution in [0.3, 0.4) is 0 Å². The number of hydrogen-bond acceptors (Lipinski definition) is 3. The number of carbonyl (C=O) groups excluding carboxylic acids is 1. The number of rotatable bonds is 5. The highest BCUT2D eigenvalue weighted by atomic mass is 16.5. The van der Waals surface area contributed by atoms with E-state index in [9.17, 15) is 4.79 Å². The maximum atomic E-state index is 10.8. The average Bonchev–Trinajstić information content (AvgIpc) is 2.59. The molecule has 0 saturated heterocycles. The van der Waals surface area contributed by atoms with Crippen LogP contribution in [0.5, 0.6) is 11.5 Å². The number of hydrogen-bond donors (Lipinski definition) is 0. The standard InChI is InChI=1S/C19H16O3/c1-21-19-11-14(12-20)7-9-18(19)22-13-15-6-8-16-4-2-3-5-17(16)10-15/h2-12H,13H2,1H3. The molecular weight excluding hydrogens is 276 g/mol. The number of benzene rings is 3. The molecule has 0 bridgehead atoms. The van der Waals surface area contributed by atoms with Crippen molar-refractivity contribution in [3.63, 3.8) is 0 Å². The molecule has 22 heavy (non-hydrogen) atoms. The van der Waals surface area contributed by atoms with Gasteiger partial charge < -0.3 is 9.47 Å². The molecule has 0 aromatic heterocycles. The molecule has 0 amide bonds. The van der Waals surface area contributed by atoms with Crippen molar-refractivity contribution in [2.24, 2.45) is 0 Å². The molecule has 0 spiro atoms. The molecule has 0 unspecified atom stereocenters. The molecule has 0 aliphatic heterocycles. The van der Waals surface area contributed by atoms with Crippen LogP contribution in [-0.2, 0) is 6.61 Å². The summed E-state index contributed by atoms with van der Waals surface area (Å²) in [4.78, 5) is 10.8. The van der Waals surface area contributed by atoms with Crippen LogP contribution in [0.1, 0.15) is 15.9 Å². The Labute approximate surface area is 129 Å². The molecule has 3 rings (SSSR count). The summed E-state index contributed by atoms with van der Waals surface area (Å²) in [6.45, 7) is 0.446. The van der Waals surface area contributed by atoms with E-state index in [0.29, 0.717) is 23.7 Å². The smallest absolute Gasteiger partial charge is 0.161 e. The molecule has 3 aromatic carbocycles. The lowest BCUT2D eigenvalue weighted by atomic mass is 10.1. The Bertz CT molecular complexity index is 809. The minimum atomic E-state index is 0.446. The van der Waals surface area contributed by atoms with Gasteiger partial charge in [-0.15, -0.1) is 0 Å². The van der Waals surface area contributed by atoms with E-state index >= 15 is 0 Å². The largest absolute Gasteiger partial charge is 0.493 e. The molecule has 0 aliphatic carbocycles. The molecule has 0 heterocycles. The normalized spacial score (nSPS) is 10.4. The van der Waals surface area contributed by atoms with Crippen LogP contribution in [0.4, 0.5) is 0 Å². The van der Waals surface area contributed by atoms with Crippen molar-refractivity contribution in [2.45, 2.75) is 6.61 Å². The molecular formula is C19H16O3. The van der Waals surface area contributed by atoms with Gasteiger partial charge in [-0.05, 0) is 40.6 Å². The Morgan fingerprint density at radius 3 is 2.50 bits per heavy atom. The zero-order valence-corrected chi connectivity index (χ0v) is 12.3. The lowest BCUT2D eigenvalue weighted by Gasteiger charge is -2.11. The fraction of sp³-hybridized carbons (Fsp3) is 0.105. The van der Waals surface area contributed by atoms with Gasteiger partial charge in [-0.3, -0.25) is 4.79 Å². The quantitative estimate of drug-likeness (QED) is 0.660. The average molecular weight is 292 g/mol. The summed E-state index contributed by atoms with van der Waals surface area (Å²) in [5.41, 5.74) is 1.65. The van der Waals surface area contributed by atoms with Crippen LogP contribution >= 0.6 is 0 Å². The second-order valence-electron chi connectivity index (χ2n) is 5.00. The highest BCUT2D eigenvalue weighted by molar-refractivity contribution is 5.83. The van der Waals surface area contributed by atoms with Crippen LogP contribution in [0.25, 0.3) is 10.8 Å². The van der Waals surface area contributed by atoms with E-state index < -0.39 is 0 Å². The van der Waals surface area contributed by atoms with E-state index in [1.165, 1.54) is 10.8 Å². The fourth-order valence-electron chi connectivity index (χ4n) is 2.37. The first kappa shape index (κ1) is 14.1. The van der Waals surface area contributed by atoms with Gasteiger partial charge in [0.1, 0.15) is 12.9 Å². The zero-order chi connectivity index (χ0) is 15.4. The van der Waals surface area contributed by atoms with Crippen molar-refractivity contribution in [2.75, 3.05) is 7.11 Å². The summed E-state index contributed by atoms with van der Waals surface area (Å²) in [5.74, 6) is 1.19. The number of aldehydes is 1. The first-order valence-corrected chi connectivity index (χ1v) is 7.04. The Hall–Kier alpha value is -2.81. The molecule has 0 fully saturated rings. The third-order valence-corrected chi connectivity index (χ3v) is 3.53. The molecule has 0 saturated carbocycles. The molecule has 3 heteroatoms. The second kappa shape index (κ2) is 6.31. The molecule has 0 atom stereocenters. The predicted molar refractivity (Wildman–Crippen MR) is 86.7 cm³/mol. The van der Waals surface area contributed by atoms with Crippen LogP contribution in [-0.4, -0.2) is 13.4 Å². The Kier molecular flexibility index (Phi) is 4.05. The van der Waals surface area contributed by atoms with Gasteiger partial charge >= 0.3 is 0 Å². The highest BCUT2D eigenvalue weighted by Gasteiger charge is 2.06. The maximum absolute atomic E-state index is 10.8. The van der Waals surface area contributed by atoms with Crippen LogP contribution in [0.15, 0.2) is 60.7 Å². The first-order valence-electron chi connectivity index (χ1n) is 7.04. The lowest BCUT2D eigenvalue weighted by molar-refractivity contribution is 0.112. The van der Waals surface area contributed by atoms with Gasteiger partial charge in [-0.25, -0.2) is 0 Å². The van der Waals surface area contributed by atoms with Crippen LogP contribution < -0.4 is 9.47 Å². The highest BCUT2D eigenvalue weighted by Crippen LogP contribution is 2.28. The van der Waals surface area contributed by atoms with Gasteiger partial charge in [0, 0.05) is 5.56 Å². The lowest BCUT2D eigenvalue weighted by Crippen LogP contribution is -1.98. The van der Waals surface area contributed by atoms with Crippen molar-refractivity contribution >= 4 is 17.1 Å². The van der Waals surface area contributed by atoms with E-state index in [2.05, 4.69) is 30.3 Å². The molecule has 0 N–H and O–H groups in total. The predicted octanol–water partition coefficient (Wildman–Crippen LogP) is 4.24. The summed E-state index contributed by atoms with van der Waals surface area (Å²) in [5, 5.41) is 2.39. The number of ether oxygens (including phenoxy) is 2. The van der Waals surface area contributed by atoms with E-state index in [1.54, 1.807) is 25.3 Å². The summed E-state index contributed by atoms with van der Waals surface area (Å²) in [7, 11) is 1.56. The van der Waals surface area contributed by atoms with Gasteiger partial charge in [-0.1, -0.05) is 36.4 Å². The SMILES string of the molecule is COc1cc(C=O)ccc1OCc1ccc2ccccc2c1. The molecule has 3 aromatic rings. The molecule has 3 nitrogen and oxygen atoms in total. The zero-order valence-electron chi connectivity index (χ0n) is 12.3. The number of methoxy groups -OCH3 is 1. The first-order chi connectivity index (χ1) is 10.8. The fourth-order valence-corrected chi connectivity index (χ4v) is 2.37. The van der Waals surface area contributed by atoms with Gasteiger partial charge in [0.2, 0.25) is 0 Å². The van der Waals surface area contributed by atoms with Gasteiger partial charge in [0.25, 0.3) is 0 Å². The Morgan fingerprint density at radius 1 is 0.909 bits per heavy atom. The van der Waals surface area contributed by atoms with E-state index in [1.807, 2.05) is 12.1 Å². The third-order valence-electron chi connectivity index (χ3n) is 3.53. The van der Waals surface area contributed by atoms with Crippen LogP contribution in [0, 0.1) is 0 Å². The minimum absolute atomic E-state index is 0.446. The Morgan fingerprint density at radius 2 is 1.73 bits per heavy atom. The molecule has 0 radical (unpaired) electrons. The summed E-state index contributed by atoms with van der Waals surface area (Å²) < 4.78 is 11.1. The van der Waals surface area contributed by atoms with Crippen molar-refractivity contribution in [1.82, 2.24) is 0 Å². The van der Waals surface area contributed by atoms with Gasteiger partial charge in [-0.2, -0.15) is 0 Å². The van der Waals surface area contributed by atoms with Crippen LogP contribution in [0.2, 0.25) is 0 Å². The second-order valence-corrected chi connectivity index (χ2v) is 5.00. The Balaban J connectivity index is 1.80. The van der Waals surface area contributed by atoms with Gasteiger partial charge in [0.15, 0.2) is 11.5 Å². The summed E-state index contributed by atoms with van der Waals surface area (Å²) in [6, 6.07) is 19.6. The molecule has 0 aliphatic rings. The summed E-state index contributed by atoms with van der Waals surface area (Å²) >= 11 is 0. The van der Waals surface area contributed by atoms with E-state index in [-0.39, 0.29) is 0 Å². The van der Waals surface area contributed by atoms with Crippen molar-refractivity contribution in [1.29, 1.82) is 0 Å². The third kappa shape index (κ3) is 2.93. The summed E-state index contributed by atoms with van der Waals surface area (Å²) in [6.07, 6.45) is 0.787. The minimum Gasteiger partial charge on any atom is -0.493 e.